The number of rotatable bonds is 15. The number of piperidine rings is 1. The maximum absolute atomic E-state index is 14.0. The van der Waals surface area contributed by atoms with Crippen molar-refractivity contribution in [1.82, 2.24) is 19.6 Å². The molecule has 3 N–H and O–H groups in total. The van der Waals surface area contributed by atoms with E-state index in [1.54, 1.807) is 24.4 Å². The Morgan fingerprint density at radius 1 is 0.897 bits per heavy atom. The number of aromatic amines is 1. The molecule has 18 heteroatoms. The highest BCUT2D eigenvalue weighted by Crippen LogP contribution is 2.42. The van der Waals surface area contributed by atoms with Crippen molar-refractivity contribution in [2.75, 3.05) is 56.2 Å². The molecule has 5 heterocycles. The minimum atomic E-state index is -4.61. The number of ether oxygens (including phenoxy) is 2. The molecule has 1 atom stereocenters. The SMILES string of the molecule is O=C(NS(=O)(=O)c1ccc(NCC2CCOCC2)c([N+](=O)[O-])c1)c1ccc(-c2ccc(N3CCC[C@@H]3c3ccccc3C3CCN(CCC(F)(F)F)CC3)cc2)cc1Oc1cnc2[nH]ccc2c1. The molecule has 0 radical (unpaired) electrons. The van der Waals surface area contributed by atoms with Crippen LogP contribution < -0.4 is 19.7 Å². The van der Waals surface area contributed by atoms with Gasteiger partial charge >= 0.3 is 6.18 Å². The summed E-state index contributed by atoms with van der Waals surface area (Å²) in [5.41, 5.74) is 5.29. The van der Waals surface area contributed by atoms with Crippen LogP contribution in [0.2, 0.25) is 0 Å². The lowest BCUT2D eigenvalue weighted by atomic mass is 9.84. The number of carbonyl (C=O) groups excluding carboxylic acids is 1. The fraction of sp³-hybridized carbons (Fsp3) is 0.360. The summed E-state index contributed by atoms with van der Waals surface area (Å²) in [5, 5.41) is 15.9. The predicted octanol–water partition coefficient (Wildman–Crippen LogP) is 10.4. The van der Waals surface area contributed by atoms with Crippen LogP contribution in [0.4, 0.5) is 30.2 Å². The van der Waals surface area contributed by atoms with Gasteiger partial charge in [-0.05, 0) is 134 Å². The first-order valence-corrected chi connectivity index (χ1v) is 24.4. The minimum Gasteiger partial charge on any atom is -0.455 e. The van der Waals surface area contributed by atoms with E-state index in [0.717, 1.165) is 67.8 Å². The molecule has 0 spiro atoms. The highest BCUT2D eigenvalue weighted by atomic mass is 32.2. The smallest absolute Gasteiger partial charge is 0.390 e. The summed E-state index contributed by atoms with van der Waals surface area (Å²) in [5.74, 6) is -0.136. The van der Waals surface area contributed by atoms with Crippen molar-refractivity contribution in [3.63, 3.8) is 0 Å². The number of nitrogens with zero attached hydrogens (tertiary/aromatic N) is 4. The van der Waals surface area contributed by atoms with Gasteiger partial charge in [-0.1, -0.05) is 42.5 Å². The Kier molecular flexibility index (Phi) is 13.7. The van der Waals surface area contributed by atoms with Crippen molar-refractivity contribution in [3.8, 4) is 22.6 Å². The Hall–Kier alpha value is -6.50. The third kappa shape index (κ3) is 10.8. The zero-order valence-corrected chi connectivity index (χ0v) is 38.0. The van der Waals surface area contributed by atoms with Gasteiger partial charge in [-0.2, -0.15) is 13.2 Å². The van der Waals surface area contributed by atoms with Crippen LogP contribution in [0.15, 0.2) is 114 Å². The maximum atomic E-state index is 14.0. The van der Waals surface area contributed by atoms with Crippen LogP contribution in [0.5, 0.6) is 11.5 Å². The van der Waals surface area contributed by atoms with E-state index in [1.165, 1.54) is 35.5 Å². The summed E-state index contributed by atoms with van der Waals surface area (Å²) in [6.45, 7) is 3.83. The molecule has 356 valence electrons. The Balaban J connectivity index is 0.941. The Morgan fingerprint density at radius 3 is 2.40 bits per heavy atom. The average Bonchev–Trinajstić information content (AvgIpc) is 4.03. The number of carbonyl (C=O) groups is 1. The number of nitrogens with one attached hydrogen (secondary N) is 3. The number of fused-ring (bicyclic) bond motifs is 1. The average molecular weight is 952 g/mol. The van der Waals surface area contributed by atoms with Gasteiger partial charge in [-0.15, -0.1) is 0 Å². The van der Waals surface area contributed by atoms with Gasteiger partial charge in [-0.3, -0.25) is 14.9 Å². The number of hydrogen-bond donors (Lipinski definition) is 3. The van der Waals surface area contributed by atoms with E-state index in [-0.39, 0.29) is 41.4 Å². The molecule has 3 aliphatic heterocycles. The number of alkyl halides is 3. The van der Waals surface area contributed by atoms with Crippen molar-refractivity contribution in [2.24, 2.45) is 5.92 Å². The Bertz CT molecular complexity index is 2880. The monoisotopic (exact) mass is 951 g/mol. The molecule has 0 aliphatic carbocycles. The minimum absolute atomic E-state index is 0.0337. The summed E-state index contributed by atoms with van der Waals surface area (Å²) < 4.78 is 80.0. The molecule has 0 bridgehead atoms. The van der Waals surface area contributed by atoms with E-state index in [1.807, 2.05) is 29.2 Å². The third-order valence-electron chi connectivity index (χ3n) is 13.3. The number of H-pyrrole nitrogens is 1. The normalized spacial score (nSPS) is 17.6. The van der Waals surface area contributed by atoms with Crippen molar-refractivity contribution in [3.05, 3.63) is 136 Å². The molecule has 9 rings (SSSR count). The number of anilines is 2. The van der Waals surface area contributed by atoms with Crippen molar-refractivity contribution in [1.29, 1.82) is 0 Å². The van der Waals surface area contributed by atoms with Gasteiger partial charge in [-0.25, -0.2) is 18.1 Å². The van der Waals surface area contributed by atoms with Gasteiger partial charge in [0.05, 0.1) is 34.0 Å². The maximum Gasteiger partial charge on any atom is 0.390 e. The van der Waals surface area contributed by atoms with Gasteiger partial charge in [0.15, 0.2) is 0 Å². The van der Waals surface area contributed by atoms with Gasteiger partial charge < -0.3 is 29.6 Å². The zero-order valence-electron chi connectivity index (χ0n) is 37.2. The fourth-order valence-electron chi connectivity index (χ4n) is 9.68. The molecule has 4 aromatic carbocycles. The van der Waals surface area contributed by atoms with Crippen LogP contribution in [0, 0.1) is 16.0 Å². The van der Waals surface area contributed by atoms with E-state index in [9.17, 15) is 36.5 Å². The fourth-order valence-corrected chi connectivity index (χ4v) is 10.7. The molecular formula is C50H52F3N7O7S. The standard InChI is InChI=1S/C50H52F3N7O7S/c51-50(52,53)20-25-58-23-16-35(17-24-58)41-4-1-2-5-42(41)45-6-3-22-59(45)38-10-7-34(8-11-38)36-9-13-43(47(29-36)67-39-28-37-15-21-54-48(37)56-32-39)49(61)57-68(64,65)40-12-14-44(46(30-40)60(62)63)55-31-33-18-26-66-27-19-33/h1-2,4-5,7-15,21,28-30,32-33,35,45,55H,3,6,16-20,22-27,31H2,(H,54,56)(H,57,61)/t45-/m1/s1. The summed E-state index contributed by atoms with van der Waals surface area (Å²) in [6.07, 6.45) is 3.45. The van der Waals surface area contributed by atoms with Crippen LogP contribution in [-0.2, 0) is 14.8 Å². The third-order valence-corrected chi connectivity index (χ3v) is 14.7. The lowest BCUT2D eigenvalue weighted by Crippen LogP contribution is -2.35. The lowest BCUT2D eigenvalue weighted by molar-refractivity contribution is -0.384. The molecule has 6 aromatic rings. The number of benzene rings is 4. The second kappa shape index (κ2) is 20.0. The quantitative estimate of drug-likeness (QED) is 0.0661. The number of pyridine rings is 1. The summed E-state index contributed by atoms with van der Waals surface area (Å²) >= 11 is 0. The highest BCUT2D eigenvalue weighted by molar-refractivity contribution is 7.90. The summed E-state index contributed by atoms with van der Waals surface area (Å²) in [6, 6.07) is 28.5. The molecule has 1 amide bonds. The van der Waals surface area contributed by atoms with E-state index in [2.05, 4.69) is 55.2 Å². The van der Waals surface area contributed by atoms with Crippen molar-refractivity contribution in [2.45, 2.75) is 68.0 Å². The van der Waals surface area contributed by atoms with Gasteiger partial charge in [0.25, 0.3) is 21.6 Å². The molecular weight excluding hydrogens is 900 g/mol. The van der Waals surface area contributed by atoms with E-state index >= 15 is 0 Å². The Labute approximate surface area is 392 Å². The zero-order chi connectivity index (χ0) is 47.4. The summed E-state index contributed by atoms with van der Waals surface area (Å²) in [7, 11) is -4.61. The Morgan fingerprint density at radius 2 is 1.65 bits per heavy atom. The number of sulfonamides is 1. The first kappa shape index (κ1) is 46.6. The number of aromatic nitrogens is 2. The van der Waals surface area contributed by atoms with Crippen molar-refractivity contribution >= 4 is 44.0 Å². The molecule has 68 heavy (non-hydrogen) atoms. The molecule has 0 unspecified atom stereocenters. The van der Waals surface area contributed by atoms with Crippen LogP contribution in [0.1, 0.15) is 78.4 Å². The molecule has 2 aromatic heterocycles. The molecule has 3 saturated heterocycles. The summed E-state index contributed by atoms with van der Waals surface area (Å²) in [4.78, 5) is 36.7. The van der Waals surface area contributed by atoms with Gasteiger partial charge in [0.1, 0.15) is 22.8 Å². The highest BCUT2D eigenvalue weighted by Gasteiger charge is 2.33. The second-order valence-electron chi connectivity index (χ2n) is 17.7. The van der Waals surface area contributed by atoms with Gasteiger partial charge in [0.2, 0.25) is 0 Å². The first-order chi connectivity index (χ1) is 32.8. The number of halogens is 3. The number of likely N-dealkylation sites (tertiary alicyclic amines) is 1. The van der Waals surface area contributed by atoms with Crippen LogP contribution in [0.3, 0.4) is 0 Å². The topological polar surface area (TPSA) is 172 Å². The number of amides is 1. The molecule has 14 nitrogen and oxygen atoms in total. The largest absolute Gasteiger partial charge is 0.455 e. The van der Waals surface area contributed by atoms with Crippen molar-refractivity contribution < 1.29 is 40.8 Å². The number of hydrogen-bond acceptors (Lipinski definition) is 11. The van der Waals surface area contributed by atoms with E-state index in [4.69, 9.17) is 9.47 Å². The van der Waals surface area contributed by atoms with Gasteiger partial charge in [0, 0.05) is 56.2 Å². The van der Waals surface area contributed by atoms with Crippen LogP contribution >= 0.6 is 0 Å². The van der Waals surface area contributed by atoms with E-state index in [0.29, 0.717) is 49.8 Å². The van der Waals surface area contributed by atoms with E-state index < -0.39 is 44.0 Å². The molecule has 3 fully saturated rings. The van der Waals surface area contributed by atoms with Crippen LogP contribution in [-0.4, -0.2) is 86.2 Å². The number of nitro benzene ring substituents is 1. The van der Waals surface area contributed by atoms with Crippen LogP contribution in [0.25, 0.3) is 22.2 Å². The first-order valence-electron chi connectivity index (χ1n) is 23.0. The number of nitro groups is 1. The second-order valence-corrected chi connectivity index (χ2v) is 19.4. The molecule has 3 aliphatic rings. The molecule has 0 saturated carbocycles. The predicted molar refractivity (Wildman–Crippen MR) is 253 cm³/mol. The lowest BCUT2D eigenvalue weighted by Gasteiger charge is -2.35.